The Morgan fingerprint density at radius 3 is 2.47 bits per heavy atom. The number of rotatable bonds is 4. The summed E-state index contributed by atoms with van der Waals surface area (Å²) >= 11 is 0. The van der Waals surface area contributed by atoms with Crippen LogP contribution in [0.5, 0.6) is 0 Å². The van der Waals surface area contributed by atoms with Crippen molar-refractivity contribution in [3.05, 3.63) is 68.3 Å². The van der Waals surface area contributed by atoms with Gasteiger partial charge in [-0.2, -0.15) is 0 Å². The molecule has 0 atom stereocenters. The zero-order valence-corrected chi connectivity index (χ0v) is 18.5. The van der Waals surface area contributed by atoms with Crippen LogP contribution in [-0.2, 0) is 22.0 Å². The number of carboxylic acid groups (broad SMARTS) is 1. The Labute approximate surface area is 178 Å². The molecule has 0 aliphatic heterocycles. The van der Waals surface area contributed by atoms with Gasteiger partial charge in [-0.15, -0.1) is 0 Å². The number of allylic oxidation sites excluding steroid dienone is 5. The number of nitrogens with zero attached hydrogens (tertiary/aromatic N) is 1. The lowest BCUT2D eigenvalue weighted by Gasteiger charge is -2.42. The molecule has 2 aliphatic carbocycles. The van der Waals surface area contributed by atoms with Gasteiger partial charge < -0.3 is 5.11 Å². The van der Waals surface area contributed by atoms with Gasteiger partial charge in [-0.25, -0.2) is 4.79 Å². The van der Waals surface area contributed by atoms with Gasteiger partial charge in [0.25, 0.3) is 5.69 Å². The number of aliphatic carboxylic acids is 1. The molecular formula is C25H31NO4. The first-order valence-electron chi connectivity index (χ1n) is 10.6. The molecule has 0 heterocycles. The molecule has 2 aliphatic rings. The maximum absolute atomic E-state index is 12.3. The van der Waals surface area contributed by atoms with Crippen molar-refractivity contribution in [2.75, 3.05) is 0 Å². The van der Waals surface area contributed by atoms with Crippen LogP contribution in [0.25, 0.3) is 5.57 Å². The maximum Gasteiger partial charge on any atom is 0.328 e. The van der Waals surface area contributed by atoms with Crippen LogP contribution >= 0.6 is 0 Å². The predicted molar refractivity (Wildman–Crippen MR) is 120 cm³/mol. The molecule has 0 amide bonds. The molecule has 0 bridgehead atoms. The van der Waals surface area contributed by atoms with Gasteiger partial charge in [-0.3, -0.25) is 10.1 Å². The minimum Gasteiger partial charge on any atom is -0.478 e. The van der Waals surface area contributed by atoms with Crippen LogP contribution in [0.15, 0.2) is 35.9 Å². The highest BCUT2D eigenvalue weighted by atomic mass is 16.6. The lowest BCUT2D eigenvalue weighted by atomic mass is 9.61. The first-order chi connectivity index (χ1) is 13.9. The van der Waals surface area contributed by atoms with E-state index in [0.29, 0.717) is 17.7 Å². The van der Waals surface area contributed by atoms with E-state index in [-0.39, 0.29) is 15.8 Å². The molecule has 0 fully saturated rings. The van der Waals surface area contributed by atoms with E-state index >= 15 is 0 Å². The van der Waals surface area contributed by atoms with E-state index < -0.39 is 5.97 Å². The number of nitro groups is 1. The van der Waals surface area contributed by atoms with Crippen molar-refractivity contribution in [2.24, 2.45) is 0 Å². The standard InChI is InChI=1S/C25H31NO4/c1-16(14-21(27)28)8-6-9-17-10-7-11-18-19(17)15-20-22(23(18)26(29)30)25(4,5)13-12-24(20,2)3/h6,8-9,14-15H,7,10-13H2,1-5H3,(H,27,28)/b8-6+,16-14-,17-9+. The van der Waals surface area contributed by atoms with Gasteiger partial charge in [0.05, 0.1) is 4.92 Å². The summed E-state index contributed by atoms with van der Waals surface area (Å²) in [6.45, 7) is 10.4. The molecule has 3 rings (SSSR count). The summed E-state index contributed by atoms with van der Waals surface area (Å²) in [5, 5.41) is 21.1. The van der Waals surface area contributed by atoms with Gasteiger partial charge in [0.2, 0.25) is 0 Å². The zero-order valence-electron chi connectivity index (χ0n) is 18.5. The fourth-order valence-electron chi connectivity index (χ4n) is 4.88. The number of carboxylic acids is 1. The van der Waals surface area contributed by atoms with Crippen LogP contribution in [0.1, 0.15) is 82.6 Å². The molecule has 0 aromatic heterocycles. The third-order valence-electron chi connectivity index (χ3n) is 6.60. The van der Waals surface area contributed by atoms with Gasteiger partial charge in [0, 0.05) is 17.2 Å². The molecule has 160 valence electrons. The molecule has 0 spiro atoms. The Hall–Kier alpha value is -2.69. The lowest BCUT2D eigenvalue weighted by molar-refractivity contribution is -0.387. The highest BCUT2D eigenvalue weighted by Gasteiger charge is 2.44. The van der Waals surface area contributed by atoms with Gasteiger partial charge in [0.15, 0.2) is 0 Å². The summed E-state index contributed by atoms with van der Waals surface area (Å²) in [7, 11) is 0. The van der Waals surface area contributed by atoms with Crippen LogP contribution in [0.4, 0.5) is 5.69 Å². The van der Waals surface area contributed by atoms with Gasteiger partial charge >= 0.3 is 5.97 Å². The lowest BCUT2D eigenvalue weighted by Crippen LogP contribution is -2.35. The van der Waals surface area contributed by atoms with Crippen molar-refractivity contribution in [1.29, 1.82) is 0 Å². The number of nitro benzene ring substituents is 1. The van der Waals surface area contributed by atoms with Crippen molar-refractivity contribution >= 4 is 17.2 Å². The number of hydrogen-bond donors (Lipinski definition) is 1. The fourth-order valence-corrected chi connectivity index (χ4v) is 4.88. The van der Waals surface area contributed by atoms with Crippen molar-refractivity contribution in [2.45, 2.75) is 77.6 Å². The highest BCUT2D eigenvalue weighted by Crippen LogP contribution is 2.52. The molecule has 0 radical (unpaired) electrons. The third kappa shape index (κ3) is 4.11. The molecule has 1 N–H and O–H groups in total. The second kappa shape index (κ2) is 7.86. The van der Waals surface area contributed by atoms with Gasteiger partial charge in [-0.1, -0.05) is 45.9 Å². The smallest absolute Gasteiger partial charge is 0.328 e. The van der Waals surface area contributed by atoms with Crippen molar-refractivity contribution < 1.29 is 14.8 Å². The molecule has 1 aromatic carbocycles. The maximum atomic E-state index is 12.3. The van der Waals surface area contributed by atoms with Crippen LogP contribution in [-0.4, -0.2) is 16.0 Å². The van der Waals surface area contributed by atoms with Gasteiger partial charge in [-0.05, 0) is 78.2 Å². The van der Waals surface area contributed by atoms with Crippen molar-refractivity contribution in [3.8, 4) is 0 Å². The molecule has 5 heteroatoms. The summed E-state index contributed by atoms with van der Waals surface area (Å²) in [4.78, 5) is 22.9. The van der Waals surface area contributed by atoms with E-state index in [4.69, 9.17) is 5.11 Å². The second-order valence-corrected chi connectivity index (χ2v) is 9.83. The fraction of sp³-hybridized carbons (Fsp3) is 0.480. The number of fused-ring (bicyclic) bond motifs is 2. The Morgan fingerprint density at radius 1 is 1.17 bits per heavy atom. The SMILES string of the molecule is CC(=C/C(=O)O)/C=C/C=C1\CCCc2c1cc1c(c2[N+](=O)[O-])C(C)(C)CCC1(C)C. The van der Waals surface area contributed by atoms with Gasteiger partial charge in [0.1, 0.15) is 0 Å². The molecule has 5 nitrogen and oxygen atoms in total. The topological polar surface area (TPSA) is 80.4 Å². The Kier molecular flexibility index (Phi) is 5.76. The summed E-state index contributed by atoms with van der Waals surface area (Å²) in [6.07, 6.45) is 11.1. The van der Waals surface area contributed by atoms with Crippen molar-refractivity contribution in [1.82, 2.24) is 0 Å². The molecule has 1 aromatic rings. The minimum absolute atomic E-state index is 0.107. The highest BCUT2D eigenvalue weighted by molar-refractivity contribution is 5.81. The quantitative estimate of drug-likeness (QED) is 0.276. The van der Waals surface area contributed by atoms with Crippen LogP contribution in [0.2, 0.25) is 0 Å². The van der Waals surface area contributed by atoms with E-state index in [1.165, 1.54) is 0 Å². The number of hydrogen-bond acceptors (Lipinski definition) is 3. The van der Waals surface area contributed by atoms with Crippen LogP contribution in [0.3, 0.4) is 0 Å². The summed E-state index contributed by atoms with van der Waals surface area (Å²) in [5.74, 6) is -0.972. The molecule has 0 saturated carbocycles. The summed E-state index contributed by atoms with van der Waals surface area (Å²) in [6, 6.07) is 2.21. The monoisotopic (exact) mass is 409 g/mol. The molecule has 30 heavy (non-hydrogen) atoms. The van der Waals surface area contributed by atoms with Crippen LogP contribution < -0.4 is 0 Å². The first kappa shape index (κ1) is 22.0. The van der Waals surface area contributed by atoms with E-state index in [1.54, 1.807) is 13.0 Å². The Bertz CT molecular complexity index is 993. The Morgan fingerprint density at radius 2 is 1.83 bits per heavy atom. The summed E-state index contributed by atoms with van der Waals surface area (Å²) < 4.78 is 0. The van der Waals surface area contributed by atoms with Crippen molar-refractivity contribution in [3.63, 3.8) is 0 Å². The largest absolute Gasteiger partial charge is 0.478 e. The average molecular weight is 410 g/mol. The second-order valence-electron chi connectivity index (χ2n) is 9.83. The number of carbonyl (C=O) groups is 1. The van der Waals surface area contributed by atoms with E-state index in [1.807, 2.05) is 12.2 Å². The zero-order chi connectivity index (χ0) is 22.3. The van der Waals surface area contributed by atoms with E-state index in [9.17, 15) is 14.9 Å². The number of benzene rings is 1. The minimum atomic E-state index is -0.972. The molecule has 0 unspecified atom stereocenters. The predicted octanol–water partition coefficient (Wildman–Crippen LogP) is 6.25. The summed E-state index contributed by atoms with van der Waals surface area (Å²) in [5.41, 5.74) is 5.58. The van der Waals surface area contributed by atoms with E-state index in [0.717, 1.165) is 59.6 Å². The van der Waals surface area contributed by atoms with E-state index in [2.05, 4.69) is 33.8 Å². The molecular weight excluding hydrogens is 378 g/mol. The average Bonchev–Trinajstić information content (AvgIpc) is 2.63. The first-order valence-corrected chi connectivity index (χ1v) is 10.6. The normalized spacial score (nSPS) is 21.4. The third-order valence-corrected chi connectivity index (χ3v) is 6.60. The van der Waals surface area contributed by atoms with Crippen LogP contribution in [0, 0.1) is 10.1 Å². The Balaban J connectivity index is 2.20. The molecule has 0 saturated heterocycles.